The van der Waals surface area contributed by atoms with E-state index >= 15 is 0 Å². The second kappa shape index (κ2) is 5.35. The number of rotatable bonds is 4. The summed E-state index contributed by atoms with van der Waals surface area (Å²) >= 11 is 0. The van der Waals surface area contributed by atoms with Gasteiger partial charge in [0.2, 0.25) is 5.88 Å². The molecule has 2 heterocycles. The summed E-state index contributed by atoms with van der Waals surface area (Å²) in [4.78, 5) is 8.27. The highest BCUT2D eigenvalue weighted by Crippen LogP contribution is 2.19. The van der Waals surface area contributed by atoms with Gasteiger partial charge in [-0.25, -0.2) is 9.97 Å². The predicted molar refractivity (Wildman–Crippen MR) is 71.5 cm³/mol. The summed E-state index contributed by atoms with van der Waals surface area (Å²) in [5, 5.41) is 3.20. The van der Waals surface area contributed by atoms with Gasteiger partial charge in [-0.2, -0.15) is 0 Å². The van der Waals surface area contributed by atoms with Crippen molar-refractivity contribution in [3.05, 3.63) is 41.7 Å². The van der Waals surface area contributed by atoms with Crippen LogP contribution >= 0.6 is 0 Å². The molecule has 0 atom stereocenters. The highest BCUT2D eigenvalue weighted by molar-refractivity contribution is 5.64. The Kier molecular flexibility index (Phi) is 3.62. The lowest BCUT2D eigenvalue weighted by molar-refractivity contribution is 0.397. The van der Waals surface area contributed by atoms with Gasteiger partial charge in [-0.1, -0.05) is 0 Å². The van der Waals surface area contributed by atoms with E-state index in [9.17, 15) is 0 Å². The fraction of sp³-hybridized carbons (Fsp3) is 0.231. The van der Waals surface area contributed by atoms with Gasteiger partial charge in [-0.3, -0.25) is 0 Å². The molecule has 3 N–H and O–H groups in total. The molecule has 0 saturated heterocycles. The second-order valence-corrected chi connectivity index (χ2v) is 3.95. The molecule has 2 aromatic rings. The molecule has 18 heavy (non-hydrogen) atoms. The van der Waals surface area contributed by atoms with Gasteiger partial charge < -0.3 is 15.8 Å². The van der Waals surface area contributed by atoms with E-state index in [0.29, 0.717) is 23.9 Å². The molecule has 0 aliphatic carbocycles. The summed E-state index contributed by atoms with van der Waals surface area (Å²) in [6.45, 7) is 2.58. The van der Waals surface area contributed by atoms with Crippen LogP contribution in [-0.2, 0) is 6.54 Å². The third kappa shape index (κ3) is 2.68. The fourth-order valence-electron chi connectivity index (χ4n) is 1.57. The van der Waals surface area contributed by atoms with E-state index in [4.69, 9.17) is 10.5 Å². The van der Waals surface area contributed by atoms with Crippen molar-refractivity contribution in [3.63, 3.8) is 0 Å². The van der Waals surface area contributed by atoms with E-state index in [1.807, 2.05) is 25.1 Å². The minimum absolute atomic E-state index is 0.597. The fourth-order valence-corrected chi connectivity index (χ4v) is 1.57. The van der Waals surface area contributed by atoms with Crippen LogP contribution in [-0.4, -0.2) is 17.1 Å². The van der Waals surface area contributed by atoms with Crippen LogP contribution in [0.1, 0.15) is 11.1 Å². The molecule has 2 rings (SSSR count). The van der Waals surface area contributed by atoms with Crippen molar-refractivity contribution in [2.24, 2.45) is 0 Å². The molecule has 0 saturated carbocycles. The van der Waals surface area contributed by atoms with Crippen molar-refractivity contribution in [2.75, 3.05) is 18.2 Å². The SMILES string of the molecule is COc1cc(CNc2nccc(C)c2N)ccn1. The Morgan fingerprint density at radius 3 is 2.83 bits per heavy atom. The first kappa shape index (κ1) is 12.2. The molecule has 0 amide bonds. The van der Waals surface area contributed by atoms with Gasteiger partial charge in [-0.05, 0) is 30.2 Å². The number of ether oxygens (including phenoxy) is 1. The Labute approximate surface area is 106 Å². The number of anilines is 2. The number of hydrogen-bond donors (Lipinski definition) is 2. The zero-order valence-electron chi connectivity index (χ0n) is 10.5. The Balaban J connectivity index is 2.09. The van der Waals surface area contributed by atoms with Crippen molar-refractivity contribution in [1.82, 2.24) is 9.97 Å². The van der Waals surface area contributed by atoms with E-state index in [-0.39, 0.29) is 0 Å². The van der Waals surface area contributed by atoms with E-state index < -0.39 is 0 Å². The van der Waals surface area contributed by atoms with Gasteiger partial charge in [0.15, 0.2) is 0 Å². The lowest BCUT2D eigenvalue weighted by atomic mass is 10.2. The highest BCUT2D eigenvalue weighted by Gasteiger charge is 2.03. The van der Waals surface area contributed by atoms with Crippen molar-refractivity contribution < 1.29 is 4.74 Å². The minimum atomic E-state index is 0.597. The Morgan fingerprint density at radius 2 is 2.06 bits per heavy atom. The number of pyridine rings is 2. The lowest BCUT2D eigenvalue weighted by Crippen LogP contribution is -2.05. The van der Waals surface area contributed by atoms with Crippen molar-refractivity contribution in [3.8, 4) is 5.88 Å². The molecule has 0 radical (unpaired) electrons. The van der Waals surface area contributed by atoms with E-state index in [1.165, 1.54) is 0 Å². The van der Waals surface area contributed by atoms with E-state index in [1.54, 1.807) is 19.5 Å². The van der Waals surface area contributed by atoms with Crippen LogP contribution in [0.3, 0.4) is 0 Å². The smallest absolute Gasteiger partial charge is 0.213 e. The first-order valence-corrected chi connectivity index (χ1v) is 5.64. The molecule has 0 aromatic carbocycles. The maximum atomic E-state index is 5.94. The largest absolute Gasteiger partial charge is 0.481 e. The molecule has 94 valence electrons. The quantitative estimate of drug-likeness (QED) is 0.860. The summed E-state index contributed by atoms with van der Waals surface area (Å²) in [5.41, 5.74) is 8.69. The number of aryl methyl sites for hydroxylation is 1. The van der Waals surface area contributed by atoms with Crippen LogP contribution in [0.2, 0.25) is 0 Å². The molecular formula is C13H16N4O. The molecule has 0 spiro atoms. The maximum absolute atomic E-state index is 5.94. The van der Waals surface area contributed by atoms with Gasteiger partial charge in [0.25, 0.3) is 0 Å². The zero-order valence-corrected chi connectivity index (χ0v) is 10.5. The number of nitrogens with zero attached hydrogens (tertiary/aromatic N) is 2. The van der Waals surface area contributed by atoms with Gasteiger partial charge >= 0.3 is 0 Å². The molecule has 2 aromatic heterocycles. The number of hydrogen-bond acceptors (Lipinski definition) is 5. The summed E-state index contributed by atoms with van der Waals surface area (Å²) in [6.07, 6.45) is 3.45. The highest BCUT2D eigenvalue weighted by atomic mass is 16.5. The molecule has 0 aliphatic rings. The lowest BCUT2D eigenvalue weighted by Gasteiger charge is -2.10. The monoisotopic (exact) mass is 244 g/mol. The molecule has 0 aliphatic heterocycles. The van der Waals surface area contributed by atoms with Crippen LogP contribution in [0.4, 0.5) is 11.5 Å². The number of aromatic nitrogens is 2. The maximum Gasteiger partial charge on any atom is 0.213 e. The first-order valence-electron chi connectivity index (χ1n) is 5.64. The van der Waals surface area contributed by atoms with Crippen molar-refractivity contribution in [2.45, 2.75) is 13.5 Å². The number of methoxy groups -OCH3 is 1. The third-order valence-corrected chi connectivity index (χ3v) is 2.68. The van der Waals surface area contributed by atoms with Crippen LogP contribution in [0.15, 0.2) is 30.6 Å². The van der Waals surface area contributed by atoms with Crippen molar-refractivity contribution >= 4 is 11.5 Å². The van der Waals surface area contributed by atoms with Gasteiger partial charge in [0.1, 0.15) is 5.82 Å². The van der Waals surface area contributed by atoms with Gasteiger partial charge in [0, 0.05) is 25.0 Å². The van der Waals surface area contributed by atoms with Gasteiger partial charge in [0.05, 0.1) is 12.8 Å². The molecule has 0 bridgehead atoms. The number of nitrogens with one attached hydrogen (secondary N) is 1. The van der Waals surface area contributed by atoms with E-state index in [2.05, 4.69) is 15.3 Å². The van der Waals surface area contributed by atoms with Gasteiger partial charge in [-0.15, -0.1) is 0 Å². The standard InChI is InChI=1S/C13H16N4O/c1-9-3-5-16-13(12(9)14)17-8-10-4-6-15-11(7-10)18-2/h3-7H,8,14H2,1-2H3,(H,16,17). The Bertz CT molecular complexity index is 542. The van der Waals surface area contributed by atoms with Crippen molar-refractivity contribution in [1.29, 1.82) is 0 Å². The molecule has 0 unspecified atom stereocenters. The molecule has 5 heteroatoms. The predicted octanol–water partition coefficient (Wildman–Crippen LogP) is 1.99. The zero-order chi connectivity index (χ0) is 13.0. The molecular weight excluding hydrogens is 228 g/mol. The average molecular weight is 244 g/mol. The summed E-state index contributed by atoms with van der Waals surface area (Å²) < 4.78 is 5.07. The average Bonchev–Trinajstić information content (AvgIpc) is 2.41. The van der Waals surface area contributed by atoms with Crippen LogP contribution in [0.25, 0.3) is 0 Å². The first-order chi connectivity index (χ1) is 8.70. The van der Waals surface area contributed by atoms with E-state index in [0.717, 1.165) is 11.1 Å². The number of nitrogen functional groups attached to an aromatic ring is 1. The second-order valence-electron chi connectivity index (χ2n) is 3.95. The number of nitrogens with two attached hydrogens (primary N) is 1. The van der Waals surface area contributed by atoms with Crippen LogP contribution in [0, 0.1) is 6.92 Å². The molecule has 5 nitrogen and oxygen atoms in total. The minimum Gasteiger partial charge on any atom is -0.481 e. The summed E-state index contributed by atoms with van der Waals surface area (Å²) in [5.74, 6) is 1.30. The Morgan fingerprint density at radius 1 is 1.28 bits per heavy atom. The summed E-state index contributed by atoms with van der Waals surface area (Å²) in [6, 6.07) is 5.68. The summed E-state index contributed by atoms with van der Waals surface area (Å²) in [7, 11) is 1.60. The normalized spacial score (nSPS) is 10.1. The Hall–Kier alpha value is -2.30. The molecule has 0 fully saturated rings. The van der Waals surface area contributed by atoms with Crippen LogP contribution < -0.4 is 15.8 Å². The van der Waals surface area contributed by atoms with Crippen LogP contribution in [0.5, 0.6) is 5.88 Å². The topological polar surface area (TPSA) is 73.1 Å². The third-order valence-electron chi connectivity index (χ3n) is 2.68.